The maximum Gasteiger partial charge on any atom is 0.0506 e. The molecule has 4 heteroatoms. The van der Waals surface area contributed by atoms with Crippen LogP contribution in [0.5, 0.6) is 0 Å². The van der Waals surface area contributed by atoms with E-state index >= 15 is 0 Å². The summed E-state index contributed by atoms with van der Waals surface area (Å²) in [6.07, 6.45) is 3.36. The summed E-state index contributed by atoms with van der Waals surface area (Å²) in [5.74, 6) is 0.606. The molecule has 1 heterocycles. The fraction of sp³-hybridized carbons (Fsp3) is 0.647. The van der Waals surface area contributed by atoms with Crippen LogP contribution >= 0.6 is 11.6 Å². The molecular formula is C17H27ClN2O. The number of nitrogens with two attached hydrogens (primary N) is 1. The van der Waals surface area contributed by atoms with Gasteiger partial charge in [0.2, 0.25) is 0 Å². The molecular weight excluding hydrogens is 284 g/mol. The molecule has 1 saturated heterocycles. The number of hydrogen-bond donors (Lipinski definition) is 1. The smallest absolute Gasteiger partial charge is 0.0506 e. The van der Waals surface area contributed by atoms with Crippen molar-refractivity contribution in [1.82, 2.24) is 4.90 Å². The third-order valence-corrected chi connectivity index (χ3v) is 4.58. The molecule has 3 atom stereocenters. The van der Waals surface area contributed by atoms with Crippen molar-refractivity contribution in [1.29, 1.82) is 0 Å². The van der Waals surface area contributed by atoms with Crippen molar-refractivity contribution >= 4 is 11.6 Å². The van der Waals surface area contributed by atoms with Gasteiger partial charge in [0, 0.05) is 30.3 Å². The van der Waals surface area contributed by atoms with Gasteiger partial charge in [-0.15, -0.1) is 0 Å². The summed E-state index contributed by atoms with van der Waals surface area (Å²) < 4.78 is 5.60. The molecule has 0 spiro atoms. The van der Waals surface area contributed by atoms with Gasteiger partial charge in [0.15, 0.2) is 0 Å². The second kappa shape index (κ2) is 8.14. The predicted molar refractivity (Wildman–Crippen MR) is 88.6 cm³/mol. The largest absolute Gasteiger partial charge is 0.381 e. The molecule has 0 aliphatic carbocycles. The Labute approximate surface area is 133 Å². The zero-order valence-corrected chi connectivity index (χ0v) is 13.9. The number of halogens is 1. The van der Waals surface area contributed by atoms with Crippen LogP contribution in [0.25, 0.3) is 0 Å². The molecule has 1 aliphatic rings. The maximum absolute atomic E-state index is 6.39. The minimum Gasteiger partial charge on any atom is -0.381 e. The monoisotopic (exact) mass is 310 g/mol. The molecule has 0 bridgehead atoms. The molecule has 0 amide bonds. The van der Waals surface area contributed by atoms with Gasteiger partial charge in [0.1, 0.15) is 0 Å². The lowest BCUT2D eigenvalue weighted by atomic mass is 9.94. The normalized spacial score (nSPS) is 22.2. The lowest BCUT2D eigenvalue weighted by Crippen LogP contribution is -2.42. The van der Waals surface area contributed by atoms with Crippen molar-refractivity contribution in [3.63, 3.8) is 0 Å². The summed E-state index contributed by atoms with van der Waals surface area (Å²) in [5, 5.41) is 0.773. The van der Waals surface area contributed by atoms with Crippen LogP contribution in [0.4, 0.5) is 0 Å². The molecule has 1 aromatic rings. The highest BCUT2D eigenvalue weighted by atomic mass is 35.5. The standard InChI is InChI=1S/C17H27ClN2O/c1-3-16(19)17(14-7-4-8-15(18)10-14)20(2)11-13-6-5-9-21-12-13/h4,7-8,10,13,16-17H,3,5-6,9,11-12,19H2,1-2H3. The van der Waals surface area contributed by atoms with Gasteiger partial charge in [0.25, 0.3) is 0 Å². The van der Waals surface area contributed by atoms with Crippen molar-refractivity contribution in [2.75, 3.05) is 26.8 Å². The van der Waals surface area contributed by atoms with Gasteiger partial charge in [-0.25, -0.2) is 0 Å². The van der Waals surface area contributed by atoms with Gasteiger partial charge >= 0.3 is 0 Å². The van der Waals surface area contributed by atoms with Gasteiger partial charge in [0.05, 0.1) is 6.61 Å². The van der Waals surface area contributed by atoms with Crippen molar-refractivity contribution in [2.45, 2.75) is 38.3 Å². The molecule has 3 unspecified atom stereocenters. The Morgan fingerprint density at radius 1 is 1.48 bits per heavy atom. The number of likely N-dealkylation sites (N-methyl/N-ethyl adjacent to an activating group) is 1. The van der Waals surface area contributed by atoms with Crippen LogP contribution < -0.4 is 5.73 Å². The Morgan fingerprint density at radius 2 is 2.29 bits per heavy atom. The lowest BCUT2D eigenvalue weighted by Gasteiger charge is -2.36. The second-order valence-electron chi connectivity index (χ2n) is 6.09. The second-order valence-corrected chi connectivity index (χ2v) is 6.53. The van der Waals surface area contributed by atoms with Crippen molar-refractivity contribution in [3.8, 4) is 0 Å². The Morgan fingerprint density at radius 3 is 2.90 bits per heavy atom. The van der Waals surface area contributed by atoms with Crippen molar-refractivity contribution in [3.05, 3.63) is 34.9 Å². The molecule has 3 nitrogen and oxygen atoms in total. The maximum atomic E-state index is 6.39. The quantitative estimate of drug-likeness (QED) is 0.874. The molecule has 1 fully saturated rings. The first kappa shape index (κ1) is 16.8. The van der Waals surface area contributed by atoms with Crippen molar-refractivity contribution < 1.29 is 4.74 Å². The average Bonchev–Trinajstić information content (AvgIpc) is 2.48. The zero-order chi connectivity index (χ0) is 15.2. The third kappa shape index (κ3) is 4.68. The van der Waals surface area contributed by atoms with E-state index < -0.39 is 0 Å². The molecule has 21 heavy (non-hydrogen) atoms. The minimum absolute atomic E-state index is 0.109. The Hall–Kier alpha value is -0.610. The molecule has 0 aromatic heterocycles. The van der Waals surface area contributed by atoms with Crippen LogP contribution in [0, 0.1) is 5.92 Å². The highest BCUT2D eigenvalue weighted by Gasteiger charge is 2.26. The van der Waals surface area contributed by atoms with Crippen LogP contribution in [0.15, 0.2) is 24.3 Å². The summed E-state index contributed by atoms with van der Waals surface area (Å²) in [6, 6.07) is 8.39. The number of benzene rings is 1. The van der Waals surface area contributed by atoms with Crippen LogP contribution in [0.1, 0.15) is 37.8 Å². The van der Waals surface area contributed by atoms with Crippen LogP contribution in [-0.4, -0.2) is 37.7 Å². The highest BCUT2D eigenvalue weighted by molar-refractivity contribution is 6.30. The fourth-order valence-electron chi connectivity index (χ4n) is 3.21. The van der Waals surface area contributed by atoms with Gasteiger partial charge < -0.3 is 10.5 Å². The van der Waals surface area contributed by atoms with Gasteiger partial charge in [-0.3, -0.25) is 4.90 Å². The summed E-state index contributed by atoms with van der Waals surface area (Å²) >= 11 is 6.15. The molecule has 118 valence electrons. The molecule has 1 aromatic carbocycles. The number of rotatable bonds is 6. The number of nitrogens with zero attached hydrogens (tertiary/aromatic N) is 1. The van der Waals surface area contributed by atoms with E-state index in [0.29, 0.717) is 5.92 Å². The lowest BCUT2D eigenvalue weighted by molar-refractivity contribution is 0.0338. The Kier molecular flexibility index (Phi) is 6.49. The zero-order valence-electron chi connectivity index (χ0n) is 13.1. The molecule has 0 radical (unpaired) electrons. The van der Waals surface area contributed by atoms with Crippen molar-refractivity contribution in [2.24, 2.45) is 11.7 Å². The van der Waals surface area contributed by atoms with Crippen LogP contribution in [-0.2, 0) is 4.74 Å². The third-order valence-electron chi connectivity index (χ3n) is 4.34. The van der Waals surface area contributed by atoms with E-state index in [9.17, 15) is 0 Å². The van der Waals surface area contributed by atoms with Gasteiger partial charge in [-0.2, -0.15) is 0 Å². The fourth-order valence-corrected chi connectivity index (χ4v) is 3.41. The number of ether oxygens (including phenoxy) is 1. The number of hydrogen-bond acceptors (Lipinski definition) is 3. The van der Waals surface area contributed by atoms with Crippen LogP contribution in [0.2, 0.25) is 5.02 Å². The summed E-state index contributed by atoms with van der Waals surface area (Å²) in [5.41, 5.74) is 7.59. The highest BCUT2D eigenvalue weighted by Crippen LogP contribution is 2.28. The topological polar surface area (TPSA) is 38.5 Å². The summed E-state index contributed by atoms with van der Waals surface area (Å²) in [4.78, 5) is 2.37. The summed E-state index contributed by atoms with van der Waals surface area (Å²) in [7, 11) is 2.16. The molecule has 2 rings (SSSR count). The minimum atomic E-state index is 0.109. The Balaban J connectivity index is 2.11. The first-order valence-electron chi connectivity index (χ1n) is 7.90. The predicted octanol–water partition coefficient (Wildman–Crippen LogP) is 3.48. The van der Waals surface area contributed by atoms with E-state index in [1.54, 1.807) is 0 Å². The first-order valence-corrected chi connectivity index (χ1v) is 8.28. The molecule has 1 aliphatic heterocycles. The van der Waals surface area contributed by atoms with E-state index in [-0.39, 0.29) is 12.1 Å². The Bertz CT molecular complexity index is 435. The average molecular weight is 311 g/mol. The van der Waals surface area contributed by atoms with E-state index in [0.717, 1.165) is 31.2 Å². The van der Waals surface area contributed by atoms with E-state index in [2.05, 4.69) is 24.9 Å². The molecule has 2 N–H and O–H groups in total. The van der Waals surface area contributed by atoms with E-state index in [1.165, 1.54) is 18.4 Å². The SMILES string of the molecule is CCC(N)C(c1cccc(Cl)c1)N(C)CC1CCCOC1. The van der Waals surface area contributed by atoms with Crippen LogP contribution in [0.3, 0.4) is 0 Å². The van der Waals surface area contributed by atoms with Gasteiger partial charge in [-0.1, -0.05) is 30.7 Å². The van der Waals surface area contributed by atoms with E-state index in [1.807, 2.05) is 18.2 Å². The first-order chi connectivity index (χ1) is 10.1. The summed E-state index contributed by atoms with van der Waals surface area (Å²) in [6.45, 7) is 4.94. The van der Waals surface area contributed by atoms with E-state index in [4.69, 9.17) is 22.1 Å². The van der Waals surface area contributed by atoms with Gasteiger partial charge in [-0.05, 0) is 49.9 Å². The molecule has 0 saturated carbocycles.